The smallest absolute Gasteiger partial charge is 0.222 e. The van der Waals surface area contributed by atoms with Crippen LogP contribution in [0.5, 0.6) is 5.75 Å². The fraction of sp³-hybridized carbons (Fsp3) is 0.500. The first-order valence-electron chi connectivity index (χ1n) is 6.19. The van der Waals surface area contributed by atoms with E-state index in [0.717, 1.165) is 24.4 Å². The van der Waals surface area contributed by atoms with E-state index in [1.54, 1.807) is 12.0 Å². The van der Waals surface area contributed by atoms with Crippen LogP contribution in [0, 0.1) is 0 Å². The number of hydrogen-bond donors (Lipinski definition) is 1. The molecule has 0 radical (unpaired) electrons. The molecule has 0 heterocycles. The molecule has 1 N–H and O–H groups in total. The predicted octanol–water partition coefficient (Wildman–Crippen LogP) is 1.31. The minimum absolute atomic E-state index is 0.163. The van der Waals surface area contributed by atoms with E-state index in [-0.39, 0.29) is 5.91 Å². The van der Waals surface area contributed by atoms with Crippen molar-refractivity contribution in [3.63, 3.8) is 0 Å². The molecule has 4 heteroatoms. The molecular formula is C14H22N2O2. The molecule has 1 aromatic rings. The van der Waals surface area contributed by atoms with Crippen LogP contribution in [0.15, 0.2) is 24.3 Å². The predicted molar refractivity (Wildman–Crippen MR) is 72.9 cm³/mol. The lowest BCUT2D eigenvalue weighted by Crippen LogP contribution is -2.32. The summed E-state index contributed by atoms with van der Waals surface area (Å²) in [4.78, 5) is 13.6. The minimum atomic E-state index is 0.163. The van der Waals surface area contributed by atoms with Gasteiger partial charge in [0.2, 0.25) is 5.91 Å². The topological polar surface area (TPSA) is 41.6 Å². The van der Waals surface area contributed by atoms with Gasteiger partial charge in [0, 0.05) is 26.6 Å². The quantitative estimate of drug-likeness (QED) is 0.793. The molecule has 0 aliphatic heterocycles. The number of benzene rings is 1. The number of hydrogen-bond acceptors (Lipinski definition) is 3. The number of methoxy groups -OCH3 is 1. The van der Waals surface area contributed by atoms with Gasteiger partial charge in [0.15, 0.2) is 0 Å². The highest BCUT2D eigenvalue weighted by Crippen LogP contribution is 2.18. The van der Waals surface area contributed by atoms with Crippen molar-refractivity contribution in [2.45, 2.75) is 12.8 Å². The third-order valence-corrected chi connectivity index (χ3v) is 2.92. The Kier molecular flexibility index (Phi) is 6.22. The fourth-order valence-corrected chi connectivity index (χ4v) is 1.75. The Hall–Kier alpha value is -1.55. The Morgan fingerprint density at radius 1 is 1.39 bits per heavy atom. The number of carbonyl (C=O) groups excluding carboxylic acids is 1. The van der Waals surface area contributed by atoms with Crippen LogP contribution in [-0.2, 0) is 11.2 Å². The SMILES string of the molecule is CNCCN(C)C(=O)CCc1ccccc1OC. The minimum Gasteiger partial charge on any atom is -0.496 e. The second kappa shape index (κ2) is 7.71. The van der Waals surface area contributed by atoms with Crippen LogP contribution >= 0.6 is 0 Å². The summed E-state index contributed by atoms with van der Waals surface area (Å²) in [6.45, 7) is 1.55. The monoisotopic (exact) mass is 250 g/mol. The van der Waals surface area contributed by atoms with Gasteiger partial charge in [0.05, 0.1) is 7.11 Å². The van der Waals surface area contributed by atoms with Crippen LogP contribution in [0.1, 0.15) is 12.0 Å². The van der Waals surface area contributed by atoms with Crippen molar-refractivity contribution in [2.24, 2.45) is 0 Å². The summed E-state index contributed by atoms with van der Waals surface area (Å²) in [5.41, 5.74) is 1.08. The normalized spacial score (nSPS) is 10.2. The molecule has 0 bridgehead atoms. The number of likely N-dealkylation sites (N-methyl/N-ethyl adjacent to an activating group) is 2. The van der Waals surface area contributed by atoms with Gasteiger partial charge in [-0.2, -0.15) is 0 Å². The van der Waals surface area contributed by atoms with Crippen molar-refractivity contribution in [3.8, 4) is 5.75 Å². The van der Waals surface area contributed by atoms with E-state index < -0.39 is 0 Å². The third-order valence-electron chi connectivity index (χ3n) is 2.92. The molecule has 1 rings (SSSR count). The van der Waals surface area contributed by atoms with Gasteiger partial charge in [-0.3, -0.25) is 4.79 Å². The molecule has 0 aliphatic carbocycles. The van der Waals surface area contributed by atoms with Crippen LogP contribution in [0.25, 0.3) is 0 Å². The van der Waals surface area contributed by atoms with Gasteiger partial charge in [0.25, 0.3) is 0 Å². The highest BCUT2D eigenvalue weighted by molar-refractivity contribution is 5.76. The van der Waals surface area contributed by atoms with Crippen LogP contribution in [0.4, 0.5) is 0 Å². The maximum absolute atomic E-state index is 11.9. The highest BCUT2D eigenvalue weighted by atomic mass is 16.5. The molecule has 4 nitrogen and oxygen atoms in total. The Labute approximate surface area is 109 Å². The van der Waals surface area contributed by atoms with Gasteiger partial charge in [0.1, 0.15) is 5.75 Å². The van der Waals surface area contributed by atoms with Gasteiger partial charge in [-0.05, 0) is 25.1 Å². The average Bonchev–Trinajstić information content (AvgIpc) is 2.42. The molecule has 0 fully saturated rings. The van der Waals surface area contributed by atoms with Crippen LogP contribution in [0.2, 0.25) is 0 Å². The van der Waals surface area contributed by atoms with E-state index >= 15 is 0 Å². The van der Waals surface area contributed by atoms with Crippen LogP contribution in [0.3, 0.4) is 0 Å². The van der Waals surface area contributed by atoms with Gasteiger partial charge in [-0.25, -0.2) is 0 Å². The zero-order valence-electron chi connectivity index (χ0n) is 11.4. The summed E-state index contributed by atoms with van der Waals surface area (Å²) in [6.07, 6.45) is 1.23. The Balaban J connectivity index is 2.46. The number of nitrogens with one attached hydrogen (secondary N) is 1. The summed E-state index contributed by atoms with van der Waals surface area (Å²) < 4.78 is 5.27. The second-order valence-corrected chi connectivity index (χ2v) is 4.23. The van der Waals surface area contributed by atoms with E-state index in [1.165, 1.54) is 0 Å². The van der Waals surface area contributed by atoms with Crippen molar-refractivity contribution < 1.29 is 9.53 Å². The molecule has 0 unspecified atom stereocenters. The largest absolute Gasteiger partial charge is 0.496 e. The second-order valence-electron chi connectivity index (χ2n) is 4.23. The summed E-state index contributed by atoms with van der Waals surface area (Å²) in [7, 11) is 5.37. The van der Waals surface area contributed by atoms with Crippen LogP contribution in [-0.4, -0.2) is 45.1 Å². The molecule has 0 saturated carbocycles. The van der Waals surface area contributed by atoms with E-state index in [4.69, 9.17) is 4.74 Å². The summed E-state index contributed by atoms with van der Waals surface area (Å²) in [6, 6.07) is 7.82. The molecule has 0 aliphatic rings. The Morgan fingerprint density at radius 2 is 2.11 bits per heavy atom. The lowest BCUT2D eigenvalue weighted by atomic mass is 10.1. The van der Waals surface area contributed by atoms with Crippen molar-refractivity contribution >= 4 is 5.91 Å². The van der Waals surface area contributed by atoms with E-state index in [2.05, 4.69) is 5.32 Å². The molecule has 1 aromatic carbocycles. The molecule has 0 atom stereocenters. The maximum Gasteiger partial charge on any atom is 0.222 e. The van der Waals surface area contributed by atoms with E-state index in [1.807, 2.05) is 38.4 Å². The zero-order chi connectivity index (χ0) is 13.4. The number of para-hydroxylation sites is 1. The van der Waals surface area contributed by atoms with Gasteiger partial charge >= 0.3 is 0 Å². The van der Waals surface area contributed by atoms with Gasteiger partial charge in [-0.1, -0.05) is 18.2 Å². The third kappa shape index (κ3) is 4.37. The molecule has 100 valence electrons. The lowest BCUT2D eigenvalue weighted by molar-refractivity contribution is -0.129. The summed E-state index contributed by atoms with van der Waals surface area (Å²) in [5.74, 6) is 1.01. The van der Waals surface area contributed by atoms with Crippen LogP contribution < -0.4 is 10.1 Å². The number of carbonyl (C=O) groups is 1. The van der Waals surface area contributed by atoms with E-state index in [9.17, 15) is 4.79 Å². The number of nitrogens with zero attached hydrogens (tertiary/aromatic N) is 1. The first kappa shape index (κ1) is 14.5. The molecule has 0 spiro atoms. The van der Waals surface area contributed by atoms with Gasteiger partial charge in [-0.15, -0.1) is 0 Å². The summed E-state index contributed by atoms with van der Waals surface area (Å²) in [5, 5.41) is 3.03. The summed E-state index contributed by atoms with van der Waals surface area (Å²) >= 11 is 0. The Morgan fingerprint density at radius 3 is 2.78 bits per heavy atom. The van der Waals surface area contributed by atoms with Crippen molar-refractivity contribution in [2.75, 3.05) is 34.3 Å². The highest BCUT2D eigenvalue weighted by Gasteiger charge is 2.09. The van der Waals surface area contributed by atoms with E-state index in [0.29, 0.717) is 12.8 Å². The average molecular weight is 250 g/mol. The standard InChI is InChI=1S/C14H22N2O2/c1-15-10-11-16(2)14(17)9-8-12-6-4-5-7-13(12)18-3/h4-7,15H,8-11H2,1-3H3. The first-order valence-corrected chi connectivity index (χ1v) is 6.19. The van der Waals surface area contributed by atoms with Crippen molar-refractivity contribution in [1.82, 2.24) is 10.2 Å². The number of ether oxygens (including phenoxy) is 1. The number of amides is 1. The number of aryl methyl sites for hydroxylation is 1. The molecule has 0 aromatic heterocycles. The van der Waals surface area contributed by atoms with Crippen molar-refractivity contribution in [1.29, 1.82) is 0 Å². The zero-order valence-corrected chi connectivity index (χ0v) is 11.4. The first-order chi connectivity index (χ1) is 8.69. The lowest BCUT2D eigenvalue weighted by Gasteiger charge is -2.17. The Bertz CT molecular complexity index is 380. The molecular weight excluding hydrogens is 228 g/mol. The molecule has 1 amide bonds. The van der Waals surface area contributed by atoms with Crippen molar-refractivity contribution in [3.05, 3.63) is 29.8 Å². The molecule has 18 heavy (non-hydrogen) atoms. The fourth-order valence-electron chi connectivity index (χ4n) is 1.75. The molecule has 0 saturated heterocycles. The maximum atomic E-state index is 11.9. The van der Waals surface area contributed by atoms with Gasteiger partial charge < -0.3 is 15.0 Å². The number of rotatable bonds is 7.